The molecule has 0 bridgehead atoms. The first-order valence-corrected chi connectivity index (χ1v) is 16.3. The van der Waals surface area contributed by atoms with Crippen molar-refractivity contribution in [3.63, 3.8) is 0 Å². The quantitative estimate of drug-likeness (QED) is 0.332. The SMILES string of the molecule is Cc1cccc(Cl)c1N1CC=C[C@]23S[C@]4(C)C=CCN(Cc5ccccc5)C(=O)[C@@H]4[C@H]2C(=O)N(CCCCCO)C3C1=O. The van der Waals surface area contributed by atoms with Crippen molar-refractivity contribution in [1.82, 2.24) is 9.80 Å². The minimum absolute atomic E-state index is 0.0520. The van der Waals surface area contributed by atoms with E-state index in [0.717, 1.165) is 17.5 Å². The van der Waals surface area contributed by atoms with Crippen LogP contribution in [-0.4, -0.2) is 74.4 Å². The topological polar surface area (TPSA) is 81.2 Å². The van der Waals surface area contributed by atoms with Crippen LogP contribution in [0.25, 0.3) is 0 Å². The van der Waals surface area contributed by atoms with Gasteiger partial charge in [0.2, 0.25) is 11.8 Å². The van der Waals surface area contributed by atoms with Crippen molar-refractivity contribution >= 4 is 46.8 Å². The van der Waals surface area contributed by atoms with E-state index in [9.17, 15) is 19.5 Å². The molecular formula is C34H38ClN3O4S. The van der Waals surface area contributed by atoms with Gasteiger partial charge in [-0.15, -0.1) is 11.8 Å². The predicted octanol–water partition coefficient (Wildman–Crippen LogP) is 5.00. The molecule has 2 fully saturated rings. The van der Waals surface area contributed by atoms with Crippen LogP contribution >= 0.6 is 23.4 Å². The number of unbranched alkanes of at least 4 members (excludes halogenated alkanes) is 2. The number of rotatable bonds is 8. The molecule has 1 N–H and O–H groups in total. The Morgan fingerprint density at radius 3 is 2.42 bits per heavy atom. The number of carbonyl (C=O) groups is 3. The third-order valence-electron chi connectivity index (χ3n) is 9.37. The van der Waals surface area contributed by atoms with Crippen molar-refractivity contribution in [3.05, 3.63) is 89.0 Å². The fourth-order valence-electron chi connectivity index (χ4n) is 7.49. The summed E-state index contributed by atoms with van der Waals surface area (Å²) >= 11 is 8.27. The second-order valence-corrected chi connectivity index (χ2v) is 14.4. The number of hydrogen-bond donors (Lipinski definition) is 1. The Kier molecular flexibility index (Phi) is 8.22. The average molecular weight is 620 g/mol. The lowest BCUT2D eigenvalue weighted by Crippen LogP contribution is -2.53. The Morgan fingerprint density at radius 2 is 1.67 bits per heavy atom. The zero-order valence-electron chi connectivity index (χ0n) is 24.6. The van der Waals surface area contributed by atoms with Crippen molar-refractivity contribution in [3.8, 4) is 0 Å². The number of hydrogen-bond acceptors (Lipinski definition) is 5. The fourth-order valence-corrected chi connectivity index (χ4v) is 9.98. The zero-order valence-corrected chi connectivity index (χ0v) is 26.2. The van der Waals surface area contributed by atoms with Crippen LogP contribution in [-0.2, 0) is 20.9 Å². The molecule has 2 aromatic carbocycles. The lowest BCUT2D eigenvalue weighted by molar-refractivity contribution is -0.144. The van der Waals surface area contributed by atoms with Gasteiger partial charge in [-0.1, -0.05) is 78.4 Å². The zero-order chi connectivity index (χ0) is 30.4. The van der Waals surface area contributed by atoms with Gasteiger partial charge < -0.3 is 19.8 Å². The molecule has 4 aliphatic heterocycles. The fraction of sp³-hybridized carbons (Fsp3) is 0.441. The lowest BCUT2D eigenvalue weighted by atomic mass is 9.74. The molecule has 3 amide bonds. The van der Waals surface area contributed by atoms with Gasteiger partial charge in [0, 0.05) is 37.5 Å². The minimum Gasteiger partial charge on any atom is -0.396 e. The van der Waals surface area contributed by atoms with E-state index in [2.05, 4.69) is 6.08 Å². The maximum absolute atomic E-state index is 14.7. The molecular weight excluding hydrogens is 582 g/mol. The van der Waals surface area contributed by atoms with Crippen LogP contribution in [0, 0.1) is 18.8 Å². The summed E-state index contributed by atoms with van der Waals surface area (Å²) in [6.07, 6.45) is 10.2. The largest absolute Gasteiger partial charge is 0.396 e. The molecule has 6 rings (SSSR count). The highest BCUT2D eigenvalue weighted by molar-refractivity contribution is 8.02. The van der Waals surface area contributed by atoms with E-state index >= 15 is 0 Å². The minimum atomic E-state index is -0.912. The molecule has 43 heavy (non-hydrogen) atoms. The first-order chi connectivity index (χ1) is 20.7. The molecule has 5 atom stereocenters. The number of nitrogens with zero attached hydrogens (tertiary/aromatic N) is 3. The van der Waals surface area contributed by atoms with Crippen LogP contribution in [0.1, 0.15) is 37.3 Å². The van der Waals surface area contributed by atoms with Crippen molar-refractivity contribution < 1.29 is 19.5 Å². The Hall–Kier alpha value is -3.07. The van der Waals surface area contributed by atoms with E-state index in [4.69, 9.17) is 11.6 Å². The first-order valence-electron chi connectivity index (χ1n) is 15.1. The number of carbonyl (C=O) groups excluding carboxylic acids is 3. The number of fused-ring (bicyclic) bond motifs is 2. The molecule has 226 valence electrons. The normalized spacial score (nSPS) is 29.9. The number of anilines is 1. The first kappa shape index (κ1) is 30.0. The van der Waals surface area contributed by atoms with E-state index in [0.29, 0.717) is 49.7 Å². The Morgan fingerprint density at radius 1 is 0.907 bits per heavy atom. The molecule has 2 saturated heterocycles. The Balaban J connectivity index is 1.42. The van der Waals surface area contributed by atoms with E-state index in [1.807, 2.05) is 79.4 Å². The van der Waals surface area contributed by atoms with Gasteiger partial charge in [0.15, 0.2) is 0 Å². The molecule has 7 nitrogen and oxygen atoms in total. The highest BCUT2D eigenvalue weighted by Crippen LogP contribution is 2.65. The van der Waals surface area contributed by atoms with Crippen LogP contribution in [0.15, 0.2) is 72.8 Å². The summed E-state index contributed by atoms with van der Waals surface area (Å²) in [6, 6.07) is 14.7. The number of thioether (sulfide) groups is 1. The van der Waals surface area contributed by atoms with E-state index in [-0.39, 0.29) is 24.3 Å². The lowest BCUT2D eigenvalue weighted by Gasteiger charge is -2.37. The standard InChI is InChI=1S/C34H38ClN3O4S/c1-23-12-9-15-25(35)28(23)37-20-11-17-34-27(31(41)38(29(34)32(37)42)19-7-4-8-21-39)26-30(40)36(18-10-16-33(26,2)43-34)22-24-13-5-3-6-14-24/h3,5-6,9-17,26-27,29,39H,4,7-8,18-22H2,1-2H3/t26-,27-,29?,33+,34-/m0/s1. The molecule has 0 saturated carbocycles. The van der Waals surface area contributed by atoms with Crippen molar-refractivity contribution in [2.75, 3.05) is 31.1 Å². The van der Waals surface area contributed by atoms with Gasteiger partial charge in [0.25, 0.3) is 5.91 Å². The monoisotopic (exact) mass is 619 g/mol. The molecule has 2 aromatic rings. The summed E-state index contributed by atoms with van der Waals surface area (Å²) in [7, 11) is 0. The van der Waals surface area contributed by atoms with Gasteiger partial charge in [-0.25, -0.2) is 0 Å². The second-order valence-electron chi connectivity index (χ2n) is 12.2. The van der Waals surface area contributed by atoms with Gasteiger partial charge in [-0.3, -0.25) is 14.4 Å². The highest BCUT2D eigenvalue weighted by Gasteiger charge is 2.73. The number of amides is 3. The Bertz CT molecular complexity index is 1460. The maximum Gasteiger partial charge on any atom is 0.251 e. The molecule has 0 radical (unpaired) electrons. The average Bonchev–Trinajstić information content (AvgIpc) is 3.25. The van der Waals surface area contributed by atoms with Crippen LogP contribution in [0.3, 0.4) is 0 Å². The molecule has 4 heterocycles. The molecule has 1 spiro atoms. The summed E-state index contributed by atoms with van der Waals surface area (Å²) in [6.45, 7) is 5.70. The van der Waals surface area contributed by atoms with Crippen molar-refractivity contribution in [2.45, 2.75) is 55.2 Å². The van der Waals surface area contributed by atoms with Gasteiger partial charge in [-0.05, 0) is 50.3 Å². The van der Waals surface area contributed by atoms with Crippen LogP contribution in [0.4, 0.5) is 5.69 Å². The van der Waals surface area contributed by atoms with Crippen LogP contribution in [0.2, 0.25) is 5.02 Å². The number of aryl methyl sites for hydroxylation is 1. The van der Waals surface area contributed by atoms with Crippen LogP contribution < -0.4 is 4.90 Å². The molecule has 9 heteroatoms. The highest BCUT2D eigenvalue weighted by atomic mass is 35.5. The molecule has 1 unspecified atom stereocenters. The molecule has 0 aromatic heterocycles. The van der Waals surface area contributed by atoms with E-state index < -0.39 is 27.4 Å². The summed E-state index contributed by atoms with van der Waals surface area (Å²) in [4.78, 5) is 49.1. The van der Waals surface area contributed by atoms with Gasteiger partial charge in [0.05, 0.1) is 27.3 Å². The summed E-state index contributed by atoms with van der Waals surface area (Å²) in [5.41, 5.74) is 2.57. The summed E-state index contributed by atoms with van der Waals surface area (Å²) in [5.74, 6) is -1.68. The third-order valence-corrected chi connectivity index (χ3v) is 11.5. The smallest absolute Gasteiger partial charge is 0.251 e. The van der Waals surface area contributed by atoms with Crippen molar-refractivity contribution in [1.29, 1.82) is 0 Å². The third kappa shape index (κ3) is 5.01. The van der Waals surface area contributed by atoms with E-state index in [1.165, 1.54) is 0 Å². The maximum atomic E-state index is 14.7. The van der Waals surface area contributed by atoms with Gasteiger partial charge in [0.1, 0.15) is 6.04 Å². The summed E-state index contributed by atoms with van der Waals surface area (Å²) < 4.78 is -1.57. The molecule has 0 aliphatic carbocycles. The van der Waals surface area contributed by atoms with Crippen LogP contribution in [0.5, 0.6) is 0 Å². The number of halogens is 1. The summed E-state index contributed by atoms with van der Waals surface area (Å²) in [5, 5.41) is 9.83. The molecule has 4 aliphatic rings. The van der Waals surface area contributed by atoms with E-state index in [1.54, 1.807) is 27.6 Å². The van der Waals surface area contributed by atoms with Crippen molar-refractivity contribution in [2.24, 2.45) is 11.8 Å². The Labute approximate surface area is 262 Å². The number of para-hydroxylation sites is 1. The van der Waals surface area contributed by atoms with Gasteiger partial charge in [-0.2, -0.15) is 0 Å². The number of benzene rings is 2. The number of aliphatic hydroxyl groups is 1. The number of aliphatic hydroxyl groups excluding tert-OH is 1. The number of likely N-dealkylation sites (tertiary alicyclic amines) is 1. The second kappa shape index (κ2) is 11.8. The predicted molar refractivity (Wildman–Crippen MR) is 171 cm³/mol. The van der Waals surface area contributed by atoms with Gasteiger partial charge >= 0.3 is 0 Å².